The molecule has 0 saturated carbocycles. The van der Waals surface area contributed by atoms with Gasteiger partial charge in [-0.1, -0.05) is 0 Å². The zero-order chi connectivity index (χ0) is 9.80. The van der Waals surface area contributed by atoms with E-state index in [0.717, 1.165) is 25.9 Å². The van der Waals surface area contributed by atoms with Crippen LogP contribution in [0, 0.1) is 5.92 Å². The molecule has 0 radical (unpaired) electrons. The fraction of sp³-hybridized carbons (Fsp3) is 0.500. The molecule has 2 rings (SSSR count). The van der Waals surface area contributed by atoms with Crippen LogP contribution in [0.15, 0.2) is 18.6 Å². The molecule has 1 aliphatic heterocycles. The maximum Gasteiger partial charge on any atom is 0.184 e. The zero-order valence-corrected chi connectivity index (χ0v) is 7.94. The van der Waals surface area contributed by atoms with Crippen molar-refractivity contribution in [3.8, 4) is 0 Å². The zero-order valence-electron chi connectivity index (χ0n) is 7.94. The highest BCUT2D eigenvalue weighted by Crippen LogP contribution is 2.16. The summed E-state index contributed by atoms with van der Waals surface area (Å²) < 4.78 is 0. The Labute approximate surface area is 82.8 Å². The summed E-state index contributed by atoms with van der Waals surface area (Å²) in [7, 11) is 0. The molecule has 74 valence electrons. The third-order valence-electron chi connectivity index (χ3n) is 2.54. The number of nitrogens with zero attached hydrogens (tertiary/aromatic N) is 2. The van der Waals surface area contributed by atoms with E-state index in [4.69, 9.17) is 0 Å². The van der Waals surface area contributed by atoms with E-state index in [1.54, 1.807) is 12.3 Å². The van der Waals surface area contributed by atoms with Gasteiger partial charge in [0.1, 0.15) is 12.0 Å². The Hall–Kier alpha value is -1.29. The summed E-state index contributed by atoms with van der Waals surface area (Å²) in [6, 6.07) is 1.68. The Bertz CT molecular complexity index is 306. The van der Waals surface area contributed by atoms with Crippen molar-refractivity contribution in [2.75, 3.05) is 13.1 Å². The van der Waals surface area contributed by atoms with Crippen LogP contribution in [-0.4, -0.2) is 28.8 Å². The second kappa shape index (κ2) is 4.28. The first-order valence-corrected chi connectivity index (χ1v) is 4.89. The van der Waals surface area contributed by atoms with Crippen LogP contribution in [0.25, 0.3) is 0 Å². The molecule has 1 aromatic rings. The molecule has 14 heavy (non-hydrogen) atoms. The molecular formula is C10H13N3O. The highest BCUT2D eigenvalue weighted by atomic mass is 16.1. The SMILES string of the molecule is O=C(c1ccncn1)C1CCNCC1. The van der Waals surface area contributed by atoms with Gasteiger partial charge >= 0.3 is 0 Å². The summed E-state index contributed by atoms with van der Waals surface area (Å²) in [6.07, 6.45) is 4.88. The molecule has 1 aromatic heterocycles. The molecule has 0 bridgehead atoms. The van der Waals surface area contributed by atoms with E-state index in [0.29, 0.717) is 5.69 Å². The predicted molar refractivity (Wildman–Crippen MR) is 52.0 cm³/mol. The van der Waals surface area contributed by atoms with E-state index in [-0.39, 0.29) is 11.7 Å². The number of hydrogen-bond donors (Lipinski definition) is 1. The van der Waals surface area contributed by atoms with Crippen molar-refractivity contribution in [3.05, 3.63) is 24.3 Å². The van der Waals surface area contributed by atoms with Crippen LogP contribution in [0.4, 0.5) is 0 Å². The van der Waals surface area contributed by atoms with E-state index in [9.17, 15) is 4.79 Å². The fourth-order valence-corrected chi connectivity index (χ4v) is 1.73. The van der Waals surface area contributed by atoms with E-state index >= 15 is 0 Å². The number of aromatic nitrogens is 2. The minimum atomic E-state index is 0.145. The minimum Gasteiger partial charge on any atom is -0.317 e. The van der Waals surface area contributed by atoms with E-state index < -0.39 is 0 Å². The molecule has 1 saturated heterocycles. The molecule has 0 spiro atoms. The van der Waals surface area contributed by atoms with Gasteiger partial charge < -0.3 is 5.32 Å². The highest BCUT2D eigenvalue weighted by Gasteiger charge is 2.22. The van der Waals surface area contributed by atoms with Crippen molar-refractivity contribution in [1.82, 2.24) is 15.3 Å². The first-order chi connectivity index (χ1) is 6.88. The summed E-state index contributed by atoms with van der Waals surface area (Å²) in [4.78, 5) is 19.7. The van der Waals surface area contributed by atoms with Gasteiger partial charge in [-0.25, -0.2) is 9.97 Å². The van der Waals surface area contributed by atoms with Crippen molar-refractivity contribution >= 4 is 5.78 Å². The number of hydrogen-bond acceptors (Lipinski definition) is 4. The molecule has 1 fully saturated rings. The molecule has 1 aliphatic rings. The van der Waals surface area contributed by atoms with Crippen molar-refractivity contribution in [2.45, 2.75) is 12.8 Å². The molecule has 0 aromatic carbocycles. The van der Waals surface area contributed by atoms with Gasteiger partial charge in [0.25, 0.3) is 0 Å². The van der Waals surface area contributed by atoms with E-state index in [2.05, 4.69) is 15.3 Å². The first-order valence-electron chi connectivity index (χ1n) is 4.89. The smallest absolute Gasteiger partial charge is 0.184 e. The molecule has 0 amide bonds. The third-order valence-corrected chi connectivity index (χ3v) is 2.54. The van der Waals surface area contributed by atoms with Crippen molar-refractivity contribution in [3.63, 3.8) is 0 Å². The number of carbonyl (C=O) groups is 1. The molecular weight excluding hydrogens is 178 g/mol. The summed E-state index contributed by atoms with van der Waals surface area (Å²) in [5.74, 6) is 0.306. The largest absolute Gasteiger partial charge is 0.317 e. The lowest BCUT2D eigenvalue weighted by molar-refractivity contribution is 0.0889. The van der Waals surface area contributed by atoms with Gasteiger partial charge in [0.15, 0.2) is 5.78 Å². The van der Waals surface area contributed by atoms with Crippen LogP contribution in [0.1, 0.15) is 23.3 Å². The quantitative estimate of drug-likeness (QED) is 0.698. The average Bonchev–Trinajstić information content (AvgIpc) is 2.30. The highest BCUT2D eigenvalue weighted by molar-refractivity contribution is 5.95. The van der Waals surface area contributed by atoms with Gasteiger partial charge in [0, 0.05) is 12.1 Å². The lowest BCUT2D eigenvalue weighted by atomic mass is 9.92. The molecule has 0 aliphatic carbocycles. The van der Waals surface area contributed by atoms with Crippen LogP contribution in [0.3, 0.4) is 0 Å². The van der Waals surface area contributed by atoms with Crippen LogP contribution in [0.5, 0.6) is 0 Å². The number of ketones is 1. The van der Waals surface area contributed by atoms with Crippen LogP contribution >= 0.6 is 0 Å². The lowest BCUT2D eigenvalue weighted by Gasteiger charge is -2.20. The van der Waals surface area contributed by atoms with Gasteiger partial charge in [-0.15, -0.1) is 0 Å². The molecule has 0 unspecified atom stereocenters. The lowest BCUT2D eigenvalue weighted by Crippen LogP contribution is -2.32. The third kappa shape index (κ3) is 1.96. The van der Waals surface area contributed by atoms with Crippen molar-refractivity contribution in [1.29, 1.82) is 0 Å². The Balaban J connectivity index is 2.07. The Morgan fingerprint density at radius 1 is 1.43 bits per heavy atom. The summed E-state index contributed by atoms with van der Waals surface area (Å²) in [5, 5.41) is 3.24. The van der Waals surface area contributed by atoms with Crippen molar-refractivity contribution < 1.29 is 4.79 Å². The van der Waals surface area contributed by atoms with Crippen molar-refractivity contribution in [2.24, 2.45) is 5.92 Å². The van der Waals surface area contributed by atoms with E-state index in [1.807, 2.05) is 0 Å². The average molecular weight is 191 g/mol. The number of piperidine rings is 1. The predicted octanol–water partition coefficient (Wildman–Crippen LogP) is 0.659. The van der Waals surface area contributed by atoms with Gasteiger partial charge in [-0.2, -0.15) is 0 Å². The molecule has 4 heteroatoms. The standard InChI is InChI=1S/C10H13N3O/c14-10(8-1-4-11-5-2-8)9-3-6-12-7-13-9/h3,6-8,11H,1-2,4-5H2. The second-order valence-corrected chi connectivity index (χ2v) is 3.48. The fourth-order valence-electron chi connectivity index (χ4n) is 1.73. The monoisotopic (exact) mass is 191 g/mol. The summed E-state index contributed by atoms with van der Waals surface area (Å²) in [5.41, 5.74) is 0.548. The van der Waals surface area contributed by atoms with Gasteiger partial charge in [0.2, 0.25) is 0 Å². The maximum absolute atomic E-state index is 11.9. The van der Waals surface area contributed by atoms with Gasteiger partial charge in [-0.3, -0.25) is 4.79 Å². The van der Waals surface area contributed by atoms with Crippen LogP contribution < -0.4 is 5.32 Å². The van der Waals surface area contributed by atoms with Gasteiger partial charge in [-0.05, 0) is 32.0 Å². The normalized spacial score (nSPS) is 18.0. The summed E-state index contributed by atoms with van der Waals surface area (Å²) in [6.45, 7) is 1.86. The number of nitrogens with one attached hydrogen (secondary N) is 1. The Morgan fingerprint density at radius 3 is 2.86 bits per heavy atom. The molecule has 0 atom stereocenters. The van der Waals surface area contributed by atoms with Gasteiger partial charge in [0.05, 0.1) is 0 Å². The number of rotatable bonds is 2. The van der Waals surface area contributed by atoms with Crippen LogP contribution in [0.2, 0.25) is 0 Å². The number of carbonyl (C=O) groups excluding carboxylic acids is 1. The molecule has 2 heterocycles. The van der Waals surface area contributed by atoms with Crippen LogP contribution in [-0.2, 0) is 0 Å². The maximum atomic E-state index is 11.9. The minimum absolute atomic E-state index is 0.145. The molecule has 1 N–H and O–H groups in total. The Morgan fingerprint density at radius 2 is 2.21 bits per heavy atom. The van der Waals surface area contributed by atoms with E-state index in [1.165, 1.54) is 6.33 Å². The topological polar surface area (TPSA) is 54.9 Å². The Kier molecular flexibility index (Phi) is 2.84. The first kappa shape index (κ1) is 9.27. The molecule has 4 nitrogen and oxygen atoms in total. The number of Topliss-reactive ketones (excluding diaryl/α,β-unsaturated/α-hetero) is 1. The second-order valence-electron chi connectivity index (χ2n) is 3.48. The summed E-state index contributed by atoms with van der Waals surface area (Å²) >= 11 is 0.